The van der Waals surface area contributed by atoms with Crippen LogP contribution in [0.5, 0.6) is 5.75 Å². The Kier molecular flexibility index (Phi) is 5.80. The summed E-state index contributed by atoms with van der Waals surface area (Å²) in [5.41, 5.74) is 7.12. The van der Waals surface area contributed by atoms with Crippen molar-refractivity contribution in [3.05, 3.63) is 107 Å². The molecule has 5 aromatic rings. The van der Waals surface area contributed by atoms with Crippen LogP contribution in [0.25, 0.3) is 10.9 Å². The fourth-order valence-electron chi connectivity index (χ4n) is 4.79. The molecule has 2 N–H and O–H groups in total. The molecule has 3 aromatic carbocycles. The molecule has 0 saturated carbocycles. The lowest BCUT2D eigenvalue weighted by Gasteiger charge is -2.14. The number of aromatic nitrogens is 5. The number of benzene rings is 3. The second-order valence-electron chi connectivity index (χ2n) is 8.98. The van der Waals surface area contributed by atoms with E-state index in [0.717, 1.165) is 53.9 Å². The SMILES string of the molecule is c1cc(CC2Cc3cccc(CCc4nnn[nH]4)c3N2)cc(OCc2ccc3ccccc3n2)c1. The van der Waals surface area contributed by atoms with E-state index in [4.69, 9.17) is 9.72 Å². The van der Waals surface area contributed by atoms with Crippen LogP contribution in [0.2, 0.25) is 0 Å². The highest BCUT2D eigenvalue weighted by atomic mass is 16.5. The third-order valence-electron chi connectivity index (χ3n) is 6.50. The molecule has 3 heterocycles. The average molecular weight is 463 g/mol. The van der Waals surface area contributed by atoms with Gasteiger partial charge < -0.3 is 10.1 Å². The van der Waals surface area contributed by atoms with Crippen LogP contribution in [0.4, 0.5) is 5.69 Å². The maximum Gasteiger partial charge on any atom is 0.148 e. The number of fused-ring (bicyclic) bond motifs is 2. The zero-order valence-electron chi connectivity index (χ0n) is 19.3. The molecule has 7 heteroatoms. The normalized spacial score (nSPS) is 14.6. The first-order valence-corrected chi connectivity index (χ1v) is 12.0. The third-order valence-corrected chi connectivity index (χ3v) is 6.50. The summed E-state index contributed by atoms with van der Waals surface area (Å²) in [5.74, 6) is 1.68. The van der Waals surface area contributed by atoms with E-state index >= 15 is 0 Å². The molecule has 1 atom stereocenters. The van der Waals surface area contributed by atoms with Crippen LogP contribution < -0.4 is 10.1 Å². The topological polar surface area (TPSA) is 88.6 Å². The van der Waals surface area contributed by atoms with E-state index in [1.807, 2.05) is 30.3 Å². The number of anilines is 1. The summed E-state index contributed by atoms with van der Waals surface area (Å²) in [7, 11) is 0. The largest absolute Gasteiger partial charge is 0.487 e. The predicted molar refractivity (Wildman–Crippen MR) is 135 cm³/mol. The maximum atomic E-state index is 6.09. The molecule has 1 aliphatic rings. The van der Waals surface area contributed by atoms with Crippen molar-refractivity contribution < 1.29 is 4.74 Å². The number of para-hydroxylation sites is 2. The highest BCUT2D eigenvalue weighted by Gasteiger charge is 2.23. The molecule has 0 fully saturated rings. The van der Waals surface area contributed by atoms with Crippen LogP contribution in [-0.4, -0.2) is 31.6 Å². The molecular weight excluding hydrogens is 436 g/mol. The van der Waals surface area contributed by atoms with Crippen LogP contribution in [0.1, 0.15) is 28.2 Å². The quantitative estimate of drug-likeness (QED) is 0.348. The zero-order valence-corrected chi connectivity index (χ0v) is 19.3. The first-order chi connectivity index (χ1) is 17.3. The van der Waals surface area contributed by atoms with Gasteiger partial charge in [-0.2, -0.15) is 0 Å². The molecule has 0 amide bonds. The minimum atomic E-state index is 0.357. The van der Waals surface area contributed by atoms with Gasteiger partial charge in [0.2, 0.25) is 0 Å². The number of nitrogens with one attached hydrogen (secondary N) is 2. The Morgan fingerprint density at radius 2 is 1.86 bits per heavy atom. The lowest BCUT2D eigenvalue weighted by atomic mass is 10.0. The van der Waals surface area contributed by atoms with Crippen molar-refractivity contribution in [2.45, 2.75) is 38.3 Å². The average Bonchev–Trinajstić information content (AvgIpc) is 3.56. The Bertz CT molecular complexity index is 1450. The van der Waals surface area contributed by atoms with E-state index in [1.54, 1.807) is 0 Å². The molecule has 6 rings (SSSR count). The number of rotatable bonds is 8. The number of aromatic amines is 1. The van der Waals surface area contributed by atoms with E-state index in [0.29, 0.717) is 12.6 Å². The molecule has 35 heavy (non-hydrogen) atoms. The van der Waals surface area contributed by atoms with Crippen molar-refractivity contribution in [2.75, 3.05) is 5.32 Å². The Labute approximate surface area is 203 Å². The molecule has 1 aliphatic heterocycles. The zero-order chi connectivity index (χ0) is 23.5. The summed E-state index contributed by atoms with van der Waals surface area (Å²) in [6.07, 6.45) is 3.64. The molecule has 0 saturated heterocycles. The smallest absolute Gasteiger partial charge is 0.148 e. The molecule has 0 radical (unpaired) electrons. The van der Waals surface area contributed by atoms with E-state index in [-0.39, 0.29) is 0 Å². The Morgan fingerprint density at radius 3 is 2.80 bits per heavy atom. The van der Waals surface area contributed by atoms with E-state index in [2.05, 4.69) is 74.5 Å². The number of nitrogens with zero attached hydrogens (tertiary/aromatic N) is 4. The van der Waals surface area contributed by atoms with Gasteiger partial charge >= 0.3 is 0 Å². The Hall–Kier alpha value is -4.26. The molecule has 1 unspecified atom stereocenters. The van der Waals surface area contributed by atoms with Gasteiger partial charge in [-0.3, -0.25) is 0 Å². The highest BCUT2D eigenvalue weighted by Crippen LogP contribution is 2.32. The summed E-state index contributed by atoms with van der Waals surface area (Å²) in [4.78, 5) is 4.71. The van der Waals surface area contributed by atoms with Gasteiger partial charge in [-0.05, 0) is 70.6 Å². The van der Waals surface area contributed by atoms with Crippen LogP contribution in [0, 0.1) is 0 Å². The number of aryl methyl sites for hydroxylation is 2. The summed E-state index contributed by atoms with van der Waals surface area (Å²) in [6.45, 7) is 0.450. The summed E-state index contributed by atoms with van der Waals surface area (Å²) in [5, 5.41) is 19.1. The van der Waals surface area contributed by atoms with Crippen molar-refractivity contribution in [3.8, 4) is 5.75 Å². The standard InChI is InChI=1S/C28H26N6O/c1-2-10-26-20(6-1)11-13-23(29-26)18-35-25-9-3-5-19(16-25)15-24-17-22-8-4-7-21(28(22)30-24)12-14-27-31-33-34-32-27/h1-11,13,16,24,30H,12,14-15,17-18H2,(H,31,32,33,34). The van der Waals surface area contributed by atoms with Crippen LogP contribution in [0.3, 0.4) is 0 Å². The number of H-pyrrole nitrogens is 1. The van der Waals surface area contributed by atoms with Gasteiger partial charge in [0.1, 0.15) is 18.2 Å². The van der Waals surface area contributed by atoms with Gasteiger partial charge in [0.25, 0.3) is 0 Å². The summed E-state index contributed by atoms with van der Waals surface area (Å²) >= 11 is 0. The van der Waals surface area contributed by atoms with Gasteiger partial charge in [-0.1, -0.05) is 54.6 Å². The van der Waals surface area contributed by atoms with Gasteiger partial charge in [0, 0.05) is 23.5 Å². The summed E-state index contributed by atoms with van der Waals surface area (Å²) < 4.78 is 6.09. The predicted octanol–water partition coefficient (Wildman–Crippen LogP) is 4.69. The number of ether oxygens (including phenoxy) is 1. The van der Waals surface area contributed by atoms with Crippen LogP contribution >= 0.6 is 0 Å². The molecule has 0 spiro atoms. The van der Waals surface area contributed by atoms with Gasteiger partial charge in [0.15, 0.2) is 0 Å². The van der Waals surface area contributed by atoms with Crippen LogP contribution in [-0.2, 0) is 32.3 Å². The van der Waals surface area contributed by atoms with E-state index in [1.165, 1.54) is 22.4 Å². The molecule has 174 valence electrons. The minimum absolute atomic E-state index is 0.357. The van der Waals surface area contributed by atoms with Crippen LogP contribution in [0.15, 0.2) is 78.9 Å². The Balaban J connectivity index is 1.09. The number of hydrogen-bond donors (Lipinski definition) is 2. The maximum absolute atomic E-state index is 6.09. The minimum Gasteiger partial charge on any atom is -0.487 e. The van der Waals surface area contributed by atoms with E-state index in [9.17, 15) is 0 Å². The fourth-order valence-corrected chi connectivity index (χ4v) is 4.79. The van der Waals surface area contributed by atoms with Crippen molar-refractivity contribution in [1.82, 2.24) is 25.6 Å². The fraction of sp³-hybridized carbons (Fsp3) is 0.214. The lowest BCUT2D eigenvalue weighted by molar-refractivity contribution is 0.301. The van der Waals surface area contributed by atoms with Crippen molar-refractivity contribution >= 4 is 16.6 Å². The second-order valence-corrected chi connectivity index (χ2v) is 8.98. The van der Waals surface area contributed by atoms with Gasteiger partial charge in [0.05, 0.1) is 11.2 Å². The first kappa shape index (κ1) is 21.3. The molecule has 2 aromatic heterocycles. The van der Waals surface area contributed by atoms with Gasteiger partial charge in [-0.15, -0.1) is 5.10 Å². The molecule has 0 bridgehead atoms. The Morgan fingerprint density at radius 1 is 0.914 bits per heavy atom. The highest BCUT2D eigenvalue weighted by molar-refractivity contribution is 5.78. The molecular formula is C28H26N6O. The molecule has 0 aliphatic carbocycles. The monoisotopic (exact) mass is 462 g/mol. The summed E-state index contributed by atoms with van der Waals surface area (Å²) in [6, 6.07) is 27.6. The number of pyridine rings is 1. The first-order valence-electron chi connectivity index (χ1n) is 12.0. The van der Waals surface area contributed by atoms with Crippen molar-refractivity contribution in [1.29, 1.82) is 0 Å². The number of tetrazole rings is 1. The van der Waals surface area contributed by atoms with Crippen molar-refractivity contribution in [3.63, 3.8) is 0 Å². The lowest BCUT2D eigenvalue weighted by Crippen LogP contribution is -2.18. The van der Waals surface area contributed by atoms with Crippen molar-refractivity contribution in [2.24, 2.45) is 0 Å². The van der Waals surface area contributed by atoms with E-state index < -0.39 is 0 Å². The third kappa shape index (κ3) is 4.84. The molecule has 7 nitrogen and oxygen atoms in total. The second kappa shape index (κ2) is 9.54. The van der Waals surface area contributed by atoms with Gasteiger partial charge in [-0.25, -0.2) is 10.1 Å². The number of hydrogen-bond acceptors (Lipinski definition) is 6.